The number of carboxylic acid groups (broad SMARTS) is 1. The minimum absolute atomic E-state index is 0.213. The van der Waals surface area contributed by atoms with Crippen LogP contribution in [-0.4, -0.2) is 21.0 Å². The largest absolute Gasteiger partial charge is 0.478 e. The number of anilines is 1. The van der Waals surface area contributed by atoms with Gasteiger partial charge >= 0.3 is 5.97 Å². The van der Waals surface area contributed by atoms with Gasteiger partial charge in [-0.3, -0.25) is 4.98 Å². The number of carbonyl (C=O) groups is 1. The zero-order chi connectivity index (χ0) is 13.0. The molecule has 0 radical (unpaired) electrons. The summed E-state index contributed by atoms with van der Waals surface area (Å²) < 4.78 is 0. The second-order valence-corrected chi connectivity index (χ2v) is 3.86. The molecule has 2 aromatic heterocycles. The molecule has 92 valence electrons. The highest BCUT2D eigenvalue weighted by atomic mass is 16.4. The monoisotopic (exact) mass is 243 g/mol. The Morgan fingerprint density at radius 2 is 2.22 bits per heavy atom. The number of aryl methyl sites for hydroxylation is 1. The van der Waals surface area contributed by atoms with Gasteiger partial charge in [-0.1, -0.05) is 6.07 Å². The molecule has 0 aliphatic rings. The number of nitrogens with zero attached hydrogens (tertiary/aromatic N) is 2. The van der Waals surface area contributed by atoms with E-state index in [0.29, 0.717) is 12.4 Å². The number of pyridine rings is 2. The first-order valence-electron chi connectivity index (χ1n) is 5.51. The van der Waals surface area contributed by atoms with Gasteiger partial charge in [0.05, 0.1) is 17.8 Å². The summed E-state index contributed by atoms with van der Waals surface area (Å²) >= 11 is 0. The van der Waals surface area contributed by atoms with Crippen LogP contribution < -0.4 is 5.32 Å². The zero-order valence-electron chi connectivity index (χ0n) is 9.92. The lowest BCUT2D eigenvalue weighted by Gasteiger charge is -2.06. The molecule has 0 fully saturated rings. The first-order valence-corrected chi connectivity index (χ1v) is 5.51. The van der Waals surface area contributed by atoms with Crippen LogP contribution in [0.2, 0.25) is 0 Å². The Morgan fingerprint density at radius 1 is 1.39 bits per heavy atom. The number of carboxylic acids is 1. The van der Waals surface area contributed by atoms with E-state index in [1.54, 1.807) is 0 Å². The van der Waals surface area contributed by atoms with E-state index in [1.165, 1.54) is 18.3 Å². The van der Waals surface area contributed by atoms with E-state index in [0.717, 1.165) is 11.4 Å². The number of aromatic nitrogens is 2. The highest BCUT2D eigenvalue weighted by Crippen LogP contribution is 2.08. The normalized spacial score (nSPS) is 10.1. The fourth-order valence-electron chi connectivity index (χ4n) is 1.54. The minimum atomic E-state index is -0.964. The van der Waals surface area contributed by atoms with Crippen molar-refractivity contribution in [2.45, 2.75) is 13.5 Å². The third-order valence-electron chi connectivity index (χ3n) is 2.40. The van der Waals surface area contributed by atoms with Crippen molar-refractivity contribution in [1.29, 1.82) is 0 Å². The van der Waals surface area contributed by atoms with Crippen molar-refractivity contribution in [3.05, 3.63) is 53.5 Å². The smallest absolute Gasteiger partial charge is 0.335 e. The highest BCUT2D eigenvalue weighted by molar-refractivity contribution is 5.88. The molecule has 18 heavy (non-hydrogen) atoms. The quantitative estimate of drug-likeness (QED) is 0.860. The average molecular weight is 243 g/mol. The average Bonchev–Trinajstić information content (AvgIpc) is 2.37. The second-order valence-electron chi connectivity index (χ2n) is 3.86. The van der Waals surface area contributed by atoms with Crippen LogP contribution in [0.15, 0.2) is 36.5 Å². The van der Waals surface area contributed by atoms with Gasteiger partial charge in [-0.2, -0.15) is 0 Å². The van der Waals surface area contributed by atoms with Crippen molar-refractivity contribution in [2.75, 3.05) is 5.32 Å². The molecule has 0 atom stereocenters. The predicted octanol–water partition coefficient (Wildman–Crippen LogP) is 2.10. The number of rotatable bonds is 4. The lowest BCUT2D eigenvalue weighted by Crippen LogP contribution is -2.05. The molecule has 0 aromatic carbocycles. The molecule has 0 saturated carbocycles. The van der Waals surface area contributed by atoms with Crippen LogP contribution in [-0.2, 0) is 6.54 Å². The summed E-state index contributed by atoms with van der Waals surface area (Å²) in [6, 6.07) is 8.71. The van der Waals surface area contributed by atoms with Gasteiger partial charge < -0.3 is 10.4 Å². The molecule has 5 heteroatoms. The lowest BCUT2D eigenvalue weighted by molar-refractivity contribution is 0.0697. The summed E-state index contributed by atoms with van der Waals surface area (Å²) in [6.45, 7) is 2.44. The molecule has 0 amide bonds. The summed E-state index contributed by atoms with van der Waals surface area (Å²) in [6.07, 6.45) is 1.47. The van der Waals surface area contributed by atoms with E-state index >= 15 is 0 Å². The summed E-state index contributed by atoms with van der Waals surface area (Å²) in [5.41, 5.74) is 2.05. The van der Waals surface area contributed by atoms with Crippen LogP contribution in [0.1, 0.15) is 21.7 Å². The maximum absolute atomic E-state index is 10.8. The molecule has 0 saturated heterocycles. The molecule has 0 aliphatic heterocycles. The van der Waals surface area contributed by atoms with Crippen LogP contribution in [0.3, 0.4) is 0 Å². The third kappa shape index (κ3) is 3.04. The van der Waals surface area contributed by atoms with Crippen molar-refractivity contribution < 1.29 is 9.90 Å². The van der Waals surface area contributed by atoms with E-state index in [2.05, 4.69) is 15.3 Å². The molecular weight excluding hydrogens is 230 g/mol. The molecule has 2 rings (SSSR count). The number of hydrogen-bond donors (Lipinski definition) is 2. The van der Waals surface area contributed by atoms with Crippen LogP contribution in [0.25, 0.3) is 0 Å². The fourth-order valence-corrected chi connectivity index (χ4v) is 1.54. The Hall–Kier alpha value is -2.43. The molecule has 0 spiro atoms. The minimum Gasteiger partial charge on any atom is -0.478 e. The van der Waals surface area contributed by atoms with Crippen LogP contribution in [0.5, 0.6) is 0 Å². The van der Waals surface area contributed by atoms with E-state index in [-0.39, 0.29) is 5.56 Å². The SMILES string of the molecule is Cc1cccc(CNc2cc(C(=O)O)ccn2)n1. The number of nitrogens with one attached hydrogen (secondary N) is 1. The van der Waals surface area contributed by atoms with Gasteiger partial charge in [-0.25, -0.2) is 9.78 Å². The van der Waals surface area contributed by atoms with Gasteiger partial charge in [-0.15, -0.1) is 0 Å². The first-order chi connectivity index (χ1) is 8.65. The van der Waals surface area contributed by atoms with Crippen molar-refractivity contribution >= 4 is 11.8 Å². The maximum atomic E-state index is 10.8. The van der Waals surface area contributed by atoms with Gasteiger partial charge in [-0.05, 0) is 31.2 Å². The Kier molecular flexibility index (Phi) is 3.52. The summed E-state index contributed by atoms with van der Waals surface area (Å²) in [5.74, 6) is -0.438. The highest BCUT2D eigenvalue weighted by Gasteiger charge is 2.04. The zero-order valence-corrected chi connectivity index (χ0v) is 9.92. The van der Waals surface area contributed by atoms with Gasteiger partial charge in [0.15, 0.2) is 0 Å². The Morgan fingerprint density at radius 3 is 2.94 bits per heavy atom. The van der Waals surface area contributed by atoms with E-state index in [9.17, 15) is 4.79 Å². The van der Waals surface area contributed by atoms with Crippen LogP contribution in [0.4, 0.5) is 5.82 Å². The fraction of sp³-hybridized carbons (Fsp3) is 0.154. The molecule has 0 unspecified atom stereocenters. The van der Waals surface area contributed by atoms with Gasteiger partial charge in [0.2, 0.25) is 0 Å². The summed E-state index contributed by atoms with van der Waals surface area (Å²) in [7, 11) is 0. The van der Waals surface area contributed by atoms with Crippen molar-refractivity contribution in [1.82, 2.24) is 9.97 Å². The molecule has 2 heterocycles. The van der Waals surface area contributed by atoms with Gasteiger partial charge in [0.25, 0.3) is 0 Å². The van der Waals surface area contributed by atoms with Crippen molar-refractivity contribution in [2.24, 2.45) is 0 Å². The number of aromatic carboxylic acids is 1. The predicted molar refractivity (Wildman–Crippen MR) is 67.5 cm³/mol. The second kappa shape index (κ2) is 5.27. The molecular formula is C13H13N3O2. The Balaban J connectivity index is 2.06. The topological polar surface area (TPSA) is 75.1 Å². The van der Waals surface area contributed by atoms with E-state index in [4.69, 9.17) is 5.11 Å². The lowest BCUT2D eigenvalue weighted by atomic mass is 10.2. The molecule has 0 aliphatic carbocycles. The summed E-state index contributed by atoms with van der Waals surface area (Å²) in [4.78, 5) is 19.2. The third-order valence-corrected chi connectivity index (χ3v) is 2.40. The van der Waals surface area contributed by atoms with Crippen LogP contribution in [0, 0.1) is 6.92 Å². The van der Waals surface area contributed by atoms with Crippen molar-refractivity contribution in [3.8, 4) is 0 Å². The molecule has 2 N–H and O–H groups in total. The standard InChI is InChI=1S/C13H13N3O2/c1-9-3-2-4-11(16-9)8-15-12-7-10(13(17)18)5-6-14-12/h2-7H,8H2,1H3,(H,14,15)(H,17,18). The first kappa shape index (κ1) is 12.0. The molecule has 5 nitrogen and oxygen atoms in total. The van der Waals surface area contributed by atoms with Gasteiger partial charge in [0.1, 0.15) is 5.82 Å². The van der Waals surface area contributed by atoms with Crippen LogP contribution >= 0.6 is 0 Å². The van der Waals surface area contributed by atoms with Crippen molar-refractivity contribution in [3.63, 3.8) is 0 Å². The molecule has 0 bridgehead atoms. The summed E-state index contributed by atoms with van der Waals surface area (Å²) in [5, 5.41) is 11.9. The Bertz CT molecular complexity index is 570. The van der Waals surface area contributed by atoms with E-state index in [1.807, 2.05) is 25.1 Å². The molecule has 2 aromatic rings. The van der Waals surface area contributed by atoms with E-state index < -0.39 is 5.97 Å². The maximum Gasteiger partial charge on any atom is 0.335 e. The number of hydrogen-bond acceptors (Lipinski definition) is 4. The van der Waals surface area contributed by atoms with Gasteiger partial charge in [0, 0.05) is 11.9 Å². The Labute approximate surface area is 105 Å².